The molecule has 0 aliphatic carbocycles. The number of carboxylic acids is 1. The highest BCUT2D eigenvalue weighted by atomic mass is 16.4. The lowest BCUT2D eigenvalue weighted by atomic mass is 10.2. The van der Waals surface area contributed by atoms with E-state index in [-0.39, 0.29) is 18.9 Å². The number of nitrogens with one attached hydrogen (secondary N) is 1. The normalized spacial score (nSPS) is 11.2. The average molecular weight is 300 g/mol. The molecular formula is C15H28N2O4. The molecule has 0 aromatic heterocycles. The molecule has 0 radical (unpaired) electrons. The minimum absolute atomic E-state index is 0.0288. The van der Waals surface area contributed by atoms with Gasteiger partial charge in [0, 0.05) is 26.1 Å². The minimum atomic E-state index is -0.864. The maximum absolute atomic E-state index is 11.7. The van der Waals surface area contributed by atoms with Crippen LogP contribution in [0.5, 0.6) is 0 Å². The zero-order chi connectivity index (χ0) is 15.9. The predicted molar refractivity (Wildman–Crippen MR) is 81.8 cm³/mol. The van der Waals surface area contributed by atoms with Gasteiger partial charge < -0.3 is 15.5 Å². The van der Waals surface area contributed by atoms with Crippen LogP contribution in [-0.2, 0) is 9.59 Å². The van der Waals surface area contributed by atoms with Crippen molar-refractivity contribution < 1.29 is 19.8 Å². The Morgan fingerprint density at radius 1 is 1.14 bits per heavy atom. The number of aliphatic carboxylic acids is 1. The van der Waals surface area contributed by atoms with E-state index in [1.807, 2.05) is 11.0 Å². The van der Waals surface area contributed by atoms with E-state index >= 15 is 0 Å². The summed E-state index contributed by atoms with van der Waals surface area (Å²) in [5.41, 5.74) is 0. The number of hydrogen-bond donors (Lipinski definition) is 3. The molecule has 0 rings (SSSR count). The second-order valence-corrected chi connectivity index (χ2v) is 4.90. The summed E-state index contributed by atoms with van der Waals surface area (Å²) in [5, 5.41) is 20.3. The Hall–Kier alpha value is -1.40. The van der Waals surface area contributed by atoms with E-state index in [1.165, 1.54) is 0 Å². The number of amides is 1. The van der Waals surface area contributed by atoms with Crippen molar-refractivity contribution in [2.24, 2.45) is 0 Å². The quantitative estimate of drug-likeness (QED) is 0.353. The van der Waals surface area contributed by atoms with Gasteiger partial charge in [0.1, 0.15) is 0 Å². The summed E-state index contributed by atoms with van der Waals surface area (Å²) in [5.74, 6) is -0.906. The van der Waals surface area contributed by atoms with Gasteiger partial charge in [0.25, 0.3) is 0 Å². The molecule has 0 aliphatic heterocycles. The zero-order valence-corrected chi connectivity index (χ0v) is 12.9. The van der Waals surface area contributed by atoms with Crippen LogP contribution in [0.4, 0.5) is 0 Å². The van der Waals surface area contributed by atoms with Crippen LogP contribution < -0.4 is 5.32 Å². The van der Waals surface area contributed by atoms with Gasteiger partial charge in [0.15, 0.2) is 0 Å². The number of nitrogens with zero attached hydrogens (tertiary/aromatic N) is 1. The van der Waals surface area contributed by atoms with Gasteiger partial charge in [0.2, 0.25) is 5.91 Å². The van der Waals surface area contributed by atoms with Crippen LogP contribution in [0.2, 0.25) is 0 Å². The number of unbranched alkanes of at least 4 members (excludes halogenated alkanes) is 1. The molecule has 0 saturated carbocycles. The van der Waals surface area contributed by atoms with Crippen LogP contribution in [0.3, 0.4) is 0 Å². The Bertz CT molecular complexity index is 319. The van der Waals surface area contributed by atoms with Crippen LogP contribution in [0.15, 0.2) is 12.2 Å². The fraction of sp³-hybridized carbons (Fsp3) is 0.733. The molecule has 0 bridgehead atoms. The molecule has 0 unspecified atom stereocenters. The Morgan fingerprint density at radius 2 is 1.86 bits per heavy atom. The largest absolute Gasteiger partial charge is 0.481 e. The van der Waals surface area contributed by atoms with Crippen molar-refractivity contribution in [3.8, 4) is 0 Å². The fourth-order valence-electron chi connectivity index (χ4n) is 1.72. The van der Waals surface area contributed by atoms with E-state index in [9.17, 15) is 9.59 Å². The van der Waals surface area contributed by atoms with E-state index < -0.39 is 5.97 Å². The third-order valence-corrected chi connectivity index (χ3v) is 2.93. The van der Waals surface area contributed by atoms with Crippen molar-refractivity contribution in [1.82, 2.24) is 10.2 Å². The SMILES string of the molecule is CCC/C=C/CCC(=O)NCN(CCCO)CCC(=O)O. The lowest BCUT2D eigenvalue weighted by Gasteiger charge is -2.21. The summed E-state index contributed by atoms with van der Waals surface area (Å²) in [6, 6.07) is 0. The summed E-state index contributed by atoms with van der Waals surface area (Å²) in [6.45, 7) is 3.42. The lowest BCUT2D eigenvalue weighted by molar-refractivity contribution is -0.137. The molecule has 0 saturated heterocycles. The summed E-state index contributed by atoms with van der Waals surface area (Å²) >= 11 is 0. The van der Waals surface area contributed by atoms with Crippen LogP contribution in [-0.4, -0.2) is 53.4 Å². The first-order valence-electron chi connectivity index (χ1n) is 7.56. The average Bonchev–Trinajstić information content (AvgIpc) is 2.46. The van der Waals surface area contributed by atoms with E-state index in [4.69, 9.17) is 10.2 Å². The van der Waals surface area contributed by atoms with E-state index in [2.05, 4.69) is 18.3 Å². The summed E-state index contributed by atoms with van der Waals surface area (Å²) < 4.78 is 0. The first-order chi connectivity index (χ1) is 10.1. The van der Waals surface area contributed by atoms with Gasteiger partial charge in [-0.25, -0.2) is 0 Å². The second kappa shape index (κ2) is 13.6. The highest BCUT2D eigenvalue weighted by Crippen LogP contribution is 1.97. The fourth-order valence-corrected chi connectivity index (χ4v) is 1.72. The molecule has 0 spiro atoms. The molecule has 3 N–H and O–H groups in total. The minimum Gasteiger partial charge on any atom is -0.481 e. The summed E-state index contributed by atoms with van der Waals surface area (Å²) in [4.78, 5) is 24.1. The Labute approximate surface area is 126 Å². The summed E-state index contributed by atoms with van der Waals surface area (Å²) in [7, 11) is 0. The number of aliphatic hydroxyl groups is 1. The van der Waals surface area contributed by atoms with Gasteiger partial charge in [-0.1, -0.05) is 25.5 Å². The number of carbonyl (C=O) groups is 2. The number of allylic oxidation sites excluding steroid dienone is 2. The van der Waals surface area contributed by atoms with Crippen LogP contribution in [0.1, 0.15) is 45.4 Å². The van der Waals surface area contributed by atoms with Gasteiger partial charge in [-0.15, -0.1) is 0 Å². The molecule has 6 nitrogen and oxygen atoms in total. The zero-order valence-electron chi connectivity index (χ0n) is 12.9. The van der Waals surface area contributed by atoms with Crippen LogP contribution in [0, 0.1) is 0 Å². The Kier molecular flexibility index (Phi) is 12.7. The highest BCUT2D eigenvalue weighted by Gasteiger charge is 2.08. The maximum atomic E-state index is 11.7. The van der Waals surface area contributed by atoms with Crippen LogP contribution >= 0.6 is 0 Å². The van der Waals surface area contributed by atoms with E-state index in [0.29, 0.717) is 32.6 Å². The molecule has 0 aliphatic rings. The third kappa shape index (κ3) is 13.3. The molecule has 6 heteroatoms. The molecule has 0 aromatic carbocycles. The predicted octanol–water partition coefficient (Wildman–Crippen LogP) is 1.36. The summed E-state index contributed by atoms with van der Waals surface area (Å²) in [6.07, 6.45) is 7.98. The van der Waals surface area contributed by atoms with Crippen molar-refractivity contribution in [3.63, 3.8) is 0 Å². The molecule has 0 aromatic rings. The van der Waals surface area contributed by atoms with Crippen molar-refractivity contribution in [2.45, 2.75) is 45.4 Å². The van der Waals surface area contributed by atoms with Crippen molar-refractivity contribution in [2.75, 3.05) is 26.4 Å². The maximum Gasteiger partial charge on any atom is 0.304 e. The third-order valence-electron chi connectivity index (χ3n) is 2.93. The molecule has 1 amide bonds. The molecule has 0 fully saturated rings. The van der Waals surface area contributed by atoms with Crippen molar-refractivity contribution in [1.29, 1.82) is 0 Å². The van der Waals surface area contributed by atoms with Gasteiger partial charge >= 0.3 is 5.97 Å². The highest BCUT2D eigenvalue weighted by molar-refractivity contribution is 5.75. The van der Waals surface area contributed by atoms with Gasteiger partial charge in [-0.05, 0) is 19.3 Å². The van der Waals surface area contributed by atoms with Crippen molar-refractivity contribution in [3.05, 3.63) is 12.2 Å². The number of carboxylic acid groups (broad SMARTS) is 1. The number of carbonyl (C=O) groups excluding carboxylic acids is 1. The first-order valence-corrected chi connectivity index (χ1v) is 7.56. The Morgan fingerprint density at radius 3 is 2.48 bits per heavy atom. The number of aliphatic hydroxyl groups excluding tert-OH is 1. The monoisotopic (exact) mass is 300 g/mol. The Balaban J connectivity index is 3.91. The van der Waals surface area contributed by atoms with Gasteiger partial charge in [0.05, 0.1) is 13.1 Å². The van der Waals surface area contributed by atoms with Gasteiger partial charge in [-0.3, -0.25) is 14.5 Å². The standard InChI is InChI=1S/C15H28N2O4/c1-2-3-4-5-6-8-14(19)16-13-17(10-7-12-18)11-9-15(20)21/h4-5,18H,2-3,6-13H2,1H3,(H,16,19)(H,20,21)/b5-4+. The number of rotatable bonds is 13. The van der Waals surface area contributed by atoms with Crippen LogP contribution in [0.25, 0.3) is 0 Å². The second-order valence-electron chi connectivity index (χ2n) is 4.90. The van der Waals surface area contributed by atoms with E-state index in [1.54, 1.807) is 0 Å². The van der Waals surface area contributed by atoms with E-state index in [0.717, 1.165) is 19.3 Å². The molecule has 0 heterocycles. The number of hydrogen-bond acceptors (Lipinski definition) is 4. The first kappa shape index (κ1) is 19.6. The van der Waals surface area contributed by atoms with Crippen molar-refractivity contribution >= 4 is 11.9 Å². The molecule has 21 heavy (non-hydrogen) atoms. The molecular weight excluding hydrogens is 272 g/mol. The smallest absolute Gasteiger partial charge is 0.304 e. The topological polar surface area (TPSA) is 89.9 Å². The van der Waals surface area contributed by atoms with Gasteiger partial charge in [-0.2, -0.15) is 0 Å². The lowest BCUT2D eigenvalue weighted by Crippen LogP contribution is -2.39. The molecule has 0 atom stereocenters. The molecule has 122 valence electrons.